The third kappa shape index (κ3) is 4.03. The minimum atomic E-state index is 0.00169. The molecule has 2 aromatic carbocycles. The number of carbonyl (C=O) groups is 1. The number of methoxy groups -OCH3 is 2. The zero-order valence-electron chi connectivity index (χ0n) is 16.8. The molecule has 152 valence electrons. The summed E-state index contributed by atoms with van der Waals surface area (Å²) in [6, 6.07) is 14.4. The van der Waals surface area contributed by atoms with Gasteiger partial charge in [-0.2, -0.15) is 0 Å². The van der Waals surface area contributed by atoms with Crippen LogP contribution in [0.3, 0.4) is 0 Å². The van der Waals surface area contributed by atoms with E-state index >= 15 is 0 Å². The second-order valence-electron chi connectivity index (χ2n) is 7.20. The fraction of sp³-hybridized carbons (Fsp3) is 0.348. The van der Waals surface area contributed by atoms with Crippen LogP contribution in [0.15, 0.2) is 47.8 Å². The molecule has 4 rings (SSSR count). The number of hydrogen-bond acceptors (Lipinski definition) is 4. The Morgan fingerprint density at radius 3 is 2.83 bits per heavy atom. The van der Waals surface area contributed by atoms with Crippen molar-refractivity contribution in [1.29, 1.82) is 0 Å². The Morgan fingerprint density at radius 1 is 1.17 bits per heavy atom. The van der Waals surface area contributed by atoms with Gasteiger partial charge in [0, 0.05) is 17.8 Å². The van der Waals surface area contributed by atoms with E-state index in [0.717, 1.165) is 31.4 Å². The highest BCUT2D eigenvalue weighted by Gasteiger charge is 2.30. The number of rotatable bonds is 6. The van der Waals surface area contributed by atoms with Crippen molar-refractivity contribution in [1.82, 2.24) is 10.2 Å². The van der Waals surface area contributed by atoms with Gasteiger partial charge in [-0.25, -0.2) is 4.79 Å². The van der Waals surface area contributed by atoms with Gasteiger partial charge in [0.25, 0.3) is 0 Å². The van der Waals surface area contributed by atoms with Gasteiger partial charge >= 0.3 is 6.03 Å². The minimum absolute atomic E-state index is 0.00169. The number of nitrogens with zero attached hydrogens (tertiary/aromatic N) is 1. The van der Waals surface area contributed by atoms with Crippen molar-refractivity contribution in [3.8, 4) is 11.5 Å². The number of amides is 2. The normalized spacial score (nSPS) is 16.2. The Morgan fingerprint density at radius 2 is 2.00 bits per heavy atom. The lowest BCUT2D eigenvalue weighted by Gasteiger charge is -2.26. The molecule has 29 heavy (non-hydrogen) atoms. The van der Waals surface area contributed by atoms with Gasteiger partial charge < -0.3 is 19.7 Å². The summed E-state index contributed by atoms with van der Waals surface area (Å²) in [7, 11) is 3.26. The Hall–Kier alpha value is -2.73. The molecular formula is C23H26N2O3S. The van der Waals surface area contributed by atoms with Gasteiger partial charge in [-0.3, -0.25) is 0 Å². The van der Waals surface area contributed by atoms with Crippen LogP contribution in [0.2, 0.25) is 0 Å². The van der Waals surface area contributed by atoms with Crippen LogP contribution in [0.5, 0.6) is 11.5 Å². The van der Waals surface area contributed by atoms with Gasteiger partial charge in [-0.05, 0) is 59.4 Å². The average molecular weight is 411 g/mol. The molecule has 5 nitrogen and oxygen atoms in total. The quantitative estimate of drug-likeness (QED) is 0.622. The molecule has 2 heterocycles. The van der Waals surface area contributed by atoms with Crippen LogP contribution in [0.1, 0.15) is 30.0 Å². The largest absolute Gasteiger partial charge is 0.493 e. The van der Waals surface area contributed by atoms with Gasteiger partial charge in [0.15, 0.2) is 11.5 Å². The van der Waals surface area contributed by atoms with Gasteiger partial charge in [-0.15, -0.1) is 11.3 Å². The summed E-state index contributed by atoms with van der Waals surface area (Å²) >= 11 is 1.76. The Bertz CT molecular complexity index is 1000. The predicted molar refractivity (Wildman–Crippen MR) is 117 cm³/mol. The first-order valence-electron chi connectivity index (χ1n) is 9.92. The van der Waals surface area contributed by atoms with Crippen molar-refractivity contribution < 1.29 is 14.3 Å². The first-order chi connectivity index (χ1) is 14.2. The van der Waals surface area contributed by atoms with Gasteiger partial charge in [0.05, 0.1) is 20.3 Å². The average Bonchev–Trinajstić information content (AvgIpc) is 3.41. The Kier molecular flexibility index (Phi) is 5.90. The first-order valence-corrected chi connectivity index (χ1v) is 10.8. The number of fused-ring (bicyclic) bond motifs is 1. The van der Waals surface area contributed by atoms with Crippen LogP contribution < -0.4 is 14.8 Å². The maximum atomic E-state index is 12.9. The fourth-order valence-corrected chi connectivity index (χ4v) is 5.05. The Balaban J connectivity index is 1.40. The number of urea groups is 1. The highest BCUT2D eigenvalue weighted by atomic mass is 32.1. The van der Waals surface area contributed by atoms with Gasteiger partial charge in [-0.1, -0.05) is 24.3 Å². The molecule has 0 bridgehead atoms. The molecule has 1 fully saturated rings. The number of thiophene rings is 1. The zero-order valence-corrected chi connectivity index (χ0v) is 17.6. The molecule has 1 aromatic heterocycles. The molecule has 1 aliphatic heterocycles. The van der Waals surface area contributed by atoms with Crippen molar-refractivity contribution in [2.75, 3.05) is 27.3 Å². The second kappa shape index (κ2) is 8.74. The number of nitrogens with one attached hydrogen (secondary N) is 1. The van der Waals surface area contributed by atoms with E-state index in [1.165, 1.54) is 15.6 Å². The van der Waals surface area contributed by atoms with Crippen LogP contribution in [0, 0.1) is 0 Å². The molecule has 0 spiro atoms. The summed E-state index contributed by atoms with van der Waals surface area (Å²) in [5, 5.41) is 6.60. The molecule has 0 saturated carbocycles. The maximum Gasteiger partial charge on any atom is 0.317 e. The van der Waals surface area contributed by atoms with E-state index in [1.807, 2.05) is 23.1 Å². The van der Waals surface area contributed by atoms with E-state index in [-0.39, 0.29) is 12.1 Å². The van der Waals surface area contributed by atoms with Crippen molar-refractivity contribution in [3.05, 3.63) is 59.0 Å². The summed E-state index contributed by atoms with van der Waals surface area (Å²) in [5.74, 6) is 1.40. The standard InChI is InChI=1S/C23H26N2O3S/c1-27-20-10-9-16(14-21(20)28-2)19-7-5-13-25(19)23(26)24-12-11-17-15-29-22-8-4-3-6-18(17)22/h3-4,6,8-10,14-15,19H,5,7,11-13H2,1-2H3,(H,24,26). The van der Waals surface area contributed by atoms with Crippen molar-refractivity contribution in [3.63, 3.8) is 0 Å². The summed E-state index contributed by atoms with van der Waals surface area (Å²) < 4.78 is 12.1. The number of hydrogen-bond donors (Lipinski definition) is 1. The first kappa shape index (κ1) is 19.6. The third-order valence-electron chi connectivity index (χ3n) is 5.54. The molecule has 1 atom stereocenters. The number of carbonyl (C=O) groups excluding carboxylic acids is 1. The van der Waals surface area contributed by atoms with E-state index in [4.69, 9.17) is 9.47 Å². The fourth-order valence-electron chi connectivity index (χ4n) is 4.05. The van der Waals surface area contributed by atoms with Crippen LogP contribution in [-0.2, 0) is 6.42 Å². The number of ether oxygens (including phenoxy) is 2. The monoisotopic (exact) mass is 410 g/mol. The van der Waals surface area contributed by atoms with E-state index in [9.17, 15) is 4.79 Å². The van der Waals surface area contributed by atoms with Crippen LogP contribution in [0.4, 0.5) is 4.79 Å². The van der Waals surface area contributed by atoms with E-state index in [0.29, 0.717) is 18.0 Å². The van der Waals surface area contributed by atoms with Crippen LogP contribution >= 0.6 is 11.3 Å². The smallest absolute Gasteiger partial charge is 0.317 e. The molecule has 0 aliphatic carbocycles. The Labute approximate surface area is 175 Å². The molecule has 6 heteroatoms. The predicted octanol–water partition coefficient (Wildman–Crippen LogP) is 5.01. The van der Waals surface area contributed by atoms with Crippen LogP contribution in [0.25, 0.3) is 10.1 Å². The number of likely N-dealkylation sites (tertiary alicyclic amines) is 1. The number of benzene rings is 2. The molecule has 1 unspecified atom stereocenters. The molecule has 3 aromatic rings. The lowest BCUT2D eigenvalue weighted by atomic mass is 10.0. The molecular weight excluding hydrogens is 384 g/mol. The summed E-state index contributed by atoms with van der Waals surface area (Å²) in [4.78, 5) is 14.8. The highest BCUT2D eigenvalue weighted by molar-refractivity contribution is 7.17. The van der Waals surface area contributed by atoms with Crippen molar-refractivity contribution in [2.45, 2.75) is 25.3 Å². The third-order valence-corrected chi connectivity index (χ3v) is 6.55. The second-order valence-corrected chi connectivity index (χ2v) is 8.12. The molecule has 1 aliphatic rings. The topological polar surface area (TPSA) is 50.8 Å². The highest BCUT2D eigenvalue weighted by Crippen LogP contribution is 2.36. The van der Waals surface area contributed by atoms with Crippen LogP contribution in [-0.4, -0.2) is 38.2 Å². The summed E-state index contributed by atoms with van der Waals surface area (Å²) in [6.45, 7) is 1.40. The van der Waals surface area contributed by atoms with Crippen molar-refractivity contribution in [2.24, 2.45) is 0 Å². The molecule has 2 amide bonds. The summed E-state index contributed by atoms with van der Waals surface area (Å²) in [6.07, 6.45) is 2.80. The molecule has 1 saturated heterocycles. The SMILES string of the molecule is COc1ccc(C2CCCN2C(=O)NCCc2csc3ccccc23)cc1OC. The lowest BCUT2D eigenvalue weighted by Crippen LogP contribution is -2.40. The molecule has 1 N–H and O–H groups in total. The van der Waals surface area contributed by atoms with E-state index in [2.05, 4.69) is 35.0 Å². The molecule has 0 radical (unpaired) electrons. The van der Waals surface area contributed by atoms with Gasteiger partial charge in [0.1, 0.15) is 0 Å². The summed E-state index contributed by atoms with van der Waals surface area (Å²) in [5.41, 5.74) is 2.38. The minimum Gasteiger partial charge on any atom is -0.493 e. The maximum absolute atomic E-state index is 12.9. The lowest BCUT2D eigenvalue weighted by molar-refractivity contribution is 0.193. The van der Waals surface area contributed by atoms with Gasteiger partial charge in [0.2, 0.25) is 0 Å². The zero-order chi connectivity index (χ0) is 20.2. The van der Waals surface area contributed by atoms with E-state index in [1.54, 1.807) is 25.6 Å². The van der Waals surface area contributed by atoms with E-state index < -0.39 is 0 Å². The van der Waals surface area contributed by atoms with Crippen molar-refractivity contribution >= 4 is 27.5 Å².